The third kappa shape index (κ3) is 8.60. The second-order valence-corrected chi connectivity index (χ2v) is 12.8. The number of carbonyl (C=O) groups excluding carboxylic acids is 2. The summed E-state index contributed by atoms with van der Waals surface area (Å²) in [6.07, 6.45) is 9.94. The number of aromatic amines is 1. The van der Waals surface area contributed by atoms with Crippen molar-refractivity contribution in [3.63, 3.8) is 0 Å². The zero-order valence-electron chi connectivity index (χ0n) is 24.7. The van der Waals surface area contributed by atoms with E-state index in [-0.39, 0.29) is 34.5 Å². The van der Waals surface area contributed by atoms with Gasteiger partial charge in [0.25, 0.3) is 10.1 Å². The van der Waals surface area contributed by atoms with Gasteiger partial charge in [-0.1, -0.05) is 0 Å². The van der Waals surface area contributed by atoms with E-state index in [2.05, 4.69) is 30.6 Å². The average molecular weight is 694 g/mol. The Hall–Kier alpha value is -6.05. The maximum Gasteiger partial charge on any atom is 0.339 e. The van der Waals surface area contributed by atoms with Gasteiger partial charge in [-0.15, -0.1) is 0 Å². The molecule has 0 fully saturated rings. The number of rotatable bonds is 10. The SMILES string of the molecule is NC(=O)CCNC(=O)Nc1nc2ccc(OS(=O)(=O)c3ccc(-n4ccnc4)cc3)cc2[nH]1.O=S(=O)(O)c1ccc(-n2ccnc2)cc1. The van der Waals surface area contributed by atoms with Crippen LogP contribution in [0.25, 0.3) is 22.4 Å². The lowest BCUT2D eigenvalue weighted by Gasteiger charge is -2.08. The second kappa shape index (κ2) is 14.2. The van der Waals surface area contributed by atoms with Crippen molar-refractivity contribution in [3.8, 4) is 17.1 Å². The van der Waals surface area contributed by atoms with Gasteiger partial charge in [-0.2, -0.15) is 16.8 Å². The molecule has 0 saturated heterocycles. The summed E-state index contributed by atoms with van der Waals surface area (Å²) in [4.78, 5) is 37.3. The Morgan fingerprint density at radius 2 is 1.44 bits per heavy atom. The van der Waals surface area contributed by atoms with Crippen LogP contribution in [-0.4, -0.2) is 68.9 Å². The van der Waals surface area contributed by atoms with Crippen LogP contribution >= 0.6 is 0 Å². The van der Waals surface area contributed by atoms with Gasteiger partial charge in [-0.3, -0.25) is 14.7 Å². The van der Waals surface area contributed by atoms with Crippen molar-refractivity contribution in [3.05, 3.63) is 104 Å². The largest absolute Gasteiger partial charge is 0.379 e. The van der Waals surface area contributed by atoms with E-state index in [9.17, 15) is 26.4 Å². The quantitative estimate of drug-likeness (QED) is 0.103. The molecule has 0 aliphatic carbocycles. The number of hydrogen-bond acceptors (Lipinski definition) is 10. The lowest BCUT2D eigenvalue weighted by molar-refractivity contribution is -0.117. The average Bonchev–Trinajstić information content (AvgIpc) is 3.83. The van der Waals surface area contributed by atoms with Gasteiger partial charge < -0.3 is 29.4 Å². The van der Waals surface area contributed by atoms with Gasteiger partial charge in [-0.05, 0) is 60.7 Å². The molecular formula is C29H27N9O8S2. The van der Waals surface area contributed by atoms with Crippen molar-refractivity contribution in [2.24, 2.45) is 5.73 Å². The Kier molecular flexibility index (Phi) is 9.83. The number of carbonyl (C=O) groups is 2. The van der Waals surface area contributed by atoms with E-state index in [0.717, 1.165) is 11.4 Å². The van der Waals surface area contributed by atoms with E-state index < -0.39 is 32.2 Å². The third-order valence-electron chi connectivity index (χ3n) is 6.41. The van der Waals surface area contributed by atoms with E-state index in [1.54, 1.807) is 76.9 Å². The van der Waals surface area contributed by atoms with Crippen molar-refractivity contribution in [2.45, 2.75) is 16.2 Å². The topological polar surface area (TPSA) is 246 Å². The van der Waals surface area contributed by atoms with Crippen molar-refractivity contribution in [1.29, 1.82) is 0 Å². The number of imidazole rings is 3. The minimum absolute atomic E-state index is 0.00828. The molecule has 48 heavy (non-hydrogen) atoms. The van der Waals surface area contributed by atoms with Crippen LogP contribution in [0.15, 0.2) is 114 Å². The van der Waals surface area contributed by atoms with Crippen LogP contribution < -0.4 is 20.6 Å². The predicted molar refractivity (Wildman–Crippen MR) is 172 cm³/mol. The number of primary amides is 1. The summed E-state index contributed by atoms with van der Waals surface area (Å²) in [7, 11) is -8.19. The van der Waals surface area contributed by atoms with Crippen LogP contribution in [-0.2, 0) is 25.0 Å². The number of nitrogens with one attached hydrogen (secondary N) is 3. The molecular weight excluding hydrogens is 667 g/mol. The number of fused-ring (bicyclic) bond motifs is 1. The number of amides is 3. The van der Waals surface area contributed by atoms with E-state index in [4.69, 9.17) is 14.5 Å². The Balaban J connectivity index is 0.000000250. The highest BCUT2D eigenvalue weighted by atomic mass is 32.2. The number of nitrogens with two attached hydrogens (primary N) is 1. The first-order valence-corrected chi connectivity index (χ1v) is 16.6. The fourth-order valence-corrected chi connectivity index (χ4v) is 5.53. The summed E-state index contributed by atoms with van der Waals surface area (Å²) < 4.78 is 64.4. The lowest BCUT2D eigenvalue weighted by atomic mass is 10.3. The molecule has 19 heteroatoms. The molecule has 0 spiro atoms. The molecule has 0 aliphatic rings. The van der Waals surface area contributed by atoms with Crippen LogP contribution in [0.4, 0.5) is 10.7 Å². The smallest absolute Gasteiger partial charge is 0.339 e. The molecule has 3 aromatic heterocycles. The normalized spacial score (nSPS) is 11.4. The van der Waals surface area contributed by atoms with Crippen molar-refractivity contribution in [2.75, 3.05) is 11.9 Å². The molecule has 3 heterocycles. The number of nitrogens with zero attached hydrogens (tertiary/aromatic N) is 5. The predicted octanol–water partition coefficient (Wildman–Crippen LogP) is 2.63. The molecule has 0 bridgehead atoms. The number of aromatic nitrogens is 6. The number of benzene rings is 3. The van der Waals surface area contributed by atoms with Gasteiger partial charge in [0.05, 0.1) is 28.6 Å². The molecule has 0 saturated carbocycles. The van der Waals surface area contributed by atoms with Gasteiger partial charge in [0.2, 0.25) is 11.9 Å². The van der Waals surface area contributed by atoms with E-state index in [0.29, 0.717) is 11.0 Å². The highest BCUT2D eigenvalue weighted by molar-refractivity contribution is 7.87. The second-order valence-electron chi connectivity index (χ2n) is 9.80. The molecule has 0 unspecified atom stereocenters. The minimum atomic E-state index is -4.11. The first-order chi connectivity index (χ1) is 22.9. The zero-order valence-corrected chi connectivity index (χ0v) is 26.3. The summed E-state index contributed by atoms with van der Waals surface area (Å²) in [5.41, 5.74) is 7.48. The van der Waals surface area contributed by atoms with Crippen molar-refractivity contribution in [1.82, 2.24) is 34.4 Å². The van der Waals surface area contributed by atoms with E-state index in [1.165, 1.54) is 36.4 Å². The standard InChI is InChI=1S/C20H19N7O5S.C9H8N2O3S/c21-18(28)7-8-23-20(29)26-19-24-16-6-3-14(11-17(16)25-19)32-33(30,31)15-4-1-13(2-5-15)27-10-9-22-12-27;12-15(13,14)9-3-1-8(2-4-9)11-6-5-10-7-11/h1-6,9-12H,7-8H2,(H2,21,28)(H3,23,24,25,26,29);1-7H,(H,12,13,14). The van der Waals surface area contributed by atoms with Crippen LogP contribution in [0, 0.1) is 0 Å². The number of hydrogen-bond donors (Lipinski definition) is 5. The van der Waals surface area contributed by atoms with Gasteiger partial charge in [0.1, 0.15) is 10.6 Å². The molecule has 6 rings (SSSR count). The molecule has 248 valence electrons. The van der Waals surface area contributed by atoms with Crippen LogP contribution in [0.1, 0.15) is 6.42 Å². The molecule has 6 N–H and O–H groups in total. The van der Waals surface area contributed by atoms with Crippen LogP contribution in [0.3, 0.4) is 0 Å². The maximum absolute atomic E-state index is 12.7. The van der Waals surface area contributed by atoms with Gasteiger partial charge in [0, 0.05) is 55.2 Å². The summed E-state index contributed by atoms with van der Waals surface area (Å²) in [6.45, 7) is 0.0839. The van der Waals surface area contributed by atoms with Crippen molar-refractivity contribution < 1.29 is 35.2 Å². The molecule has 3 aromatic carbocycles. The fraction of sp³-hybridized carbons (Fsp3) is 0.0690. The molecule has 6 aromatic rings. The monoisotopic (exact) mass is 693 g/mol. The van der Waals surface area contributed by atoms with Crippen molar-refractivity contribution >= 4 is 49.2 Å². The number of anilines is 1. The Labute approximate surface area is 273 Å². The summed E-state index contributed by atoms with van der Waals surface area (Å²) in [6, 6.07) is 15.9. The number of urea groups is 1. The Morgan fingerprint density at radius 1 is 0.854 bits per heavy atom. The highest BCUT2D eigenvalue weighted by Gasteiger charge is 2.18. The van der Waals surface area contributed by atoms with E-state index in [1.807, 2.05) is 0 Å². The Bertz CT molecular complexity index is 2240. The third-order valence-corrected chi connectivity index (χ3v) is 8.54. The van der Waals surface area contributed by atoms with Gasteiger partial charge in [0.15, 0.2) is 0 Å². The number of H-pyrrole nitrogens is 1. The molecule has 17 nitrogen and oxygen atoms in total. The molecule has 0 radical (unpaired) electrons. The summed E-state index contributed by atoms with van der Waals surface area (Å²) >= 11 is 0. The summed E-state index contributed by atoms with van der Waals surface area (Å²) in [5, 5.41) is 4.94. The first kappa shape index (κ1) is 33.3. The summed E-state index contributed by atoms with van der Waals surface area (Å²) in [5.74, 6) is -0.324. The minimum Gasteiger partial charge on any atom is -0.379 e. The highest BCUT2D eigenvalue weighted by Crippen LogP contribution is 2.24. The zero-order chi connectivity index (χ0) is 34.3. The molecule has 0 atom stereocenters. The van der Waals surface area contributed by atoms with Crippen LogP contribution in [0.5, 0.6) is 5.75 Å². The van der Waals surface area contributed by atoms with E-state index >= 15 is 0 Å². The van der Waals surface area contributed by atoms with Gasteiger partial charge in [-0.25, -0.2) is 19.7 Å². The lowest BCUT2D eigenvalue weighted by Crippen LogP contribution is -2.32. The molecule has 3 amide bonds. The van der Waals surface area contributed by atoms with Gasteiger partial charge >= 0.3 is 16.1 Å². The van der Waals surface area contributed by atoms with Crippen LogP contribution in [0.2, 0.25) is 0 Å². The molecule has 0 aliphatic heterocycles. The Morgan fingerprint density at radius 3 is 1.96 bits per heavy atom. The maximum atomic E-state index is 12.7. The first-order valence-electron chi connectivity index (χ1n) is 13.8. The fourth-order valence-electron chi connectivity index (χ4n) is 4.12.